The molecular formula is C28H18Br2O6. The summed E-state index contributed by atoms with van der Waals surface area (Å²) in [5, 5.41) is 0.429. The summed E-state index contributed by atoms with van der Waals surface area (Å²) in [6, 6.07) is 16.4. The summed E-state index contributed by atoms with van der Waals surface area (Å²) in [6.07, 6.45) is 1.07. The summed E-state index contributed by atoms with van der Waals surface area (Å²) in [5.41, 5.74) is 0.609. The third kappa shape index (κ3) is 4.38. The molecule has 0 radical (unpaired) electrons. The number of carbonyl (C=O) groups excluding carboxylic acids is 4. The van der Waals surface area contributed by atoms with Crippen LogP contribution < -0.4 is 9.47 Å². The Balaban J connectivity index is 2.20. The molecule has 0 saturated heterocycles. The lowest BCUT2D eigenvalue weighted by atomic mass is 9.84. The molecule has 0 aliphatic heterocycles. The van der Waals surface area contributed by atoms with Crippen LogP contribution in [-0.2, 0) is 0 Å². The first-order chi connectivity index (χ1) is 17.4. The maximum absolute atomic E-state index is 14.0. The van der Waals surface area contributed by atoms with Gasteiger partial charge in [-0.25, -0.2) is 0 Å². The summed E-state index contributed by atoms with van der Waals surface area (Å²) in [4.78, 5) is 52.3. The first kappa shape index (κ1) is 25.5. The van der Waals surface area contributed by atoms with Gasteiger partial charge >= 0.3 is 0 Å². The number of fused-ring (bicyclic) bond motifs is 1. The van der Waals surface area contributed by atoms with Gasteiger partial charge in [0.25, 0.3) is 0 Å². The van der Waals surface area contributed by atoms with Crippen molar-refractivity contribution in [1.29, 1.82) is 0 Å². The van der Waals surface area contributed by atoms with Gasteiger partial charge in [0.1, 0.15) is 11.5 Å². The highest BCUT2D eigenvalue weighted by Crippen LogP contribution is 2.41. The van der Waals surface area contributed by atoms with Gasteiger partial charge < -0.3 is 9.47 Å². The molecule has 180 valence electrons. The van der Waals surface area contributed by atoms with Crippen molar-refractivity contribution in [1.82, 2.24) is 0 Å². The van der Waals surface area contributed by atoms with Crippen LogP contribution in [0.15, 0.2) is 69.6 Å². The molecule has 0 aliphatic rings. The zero-order valence-corrected chi connectivity index (χ0v) is 22.3. The highest BCUT2D eigenvalue weighted by Gasteiger charge is 2.31. The van der Waals surface area contributed by atoms with Gasteiger partial charge in [-0.2, -0.15) is 0 Å². The number of hydrogen-bond donors (Lipinski definition) is 0. The molecule has 0 N–H and O–H groups in total. The largest absolute Gasteiger partial charge is 0.496 e. The summed E-state index contributed by atoms with van der Waals surface area (Å²) in [6.45, 7) is 0. The highest BCUT2D eigenvalue weighted by atomic mass is 79.9. The minimum Gasteiger partial charge on any atom is -0.496 e. The van der Waals surface area contributed by atoms with Gasteiger partial charge in [0.15, 0.2) is 24.1 Å². The SMILES string of the molecule is COc1ccc2c(C(=O)c3ccc(Br)cc3)c(C(=O)c3ccc(Br)cc3)c(OC)c(C=O)c2c1C=O. The van der Waals surface area contributed by atoms with E-state index in [4.69, 9.17) is 9.47 Å². The molecule has 6 nitrogen and oxygen atoms in total. The van der Waals surface area contributed by atoms with Crippen molar-refractivity contribution in [2.24, 2.45) is 0 Å². The van der Waals surface area contributed by atoms with Gasteiger partial charge in [0.05, 0.1) is 30.9 Å². The minimum absolute atomic E-state index is 0.0217. The van der Waals surface area contributed by atoms with E-state index in [0.29, 0.717) is 23.7 Å². The zero-order valence-electron chi connectivity index (χ0n) is 19.1. The molecule has 0 unspecified atom stereocenters. The Labute approximate surface area is 223 Å². The standard InChI is InChI=1S/C28H18Br2O6/c1-35-22-12-11-19-23(20(22)13-31)21(14-32)28(36-2)25(27(34)16-5-9-18(30)10-6-16)24(19)26(33)15-3-7-17(29)8-4-15/h3-14H,1-2H3. The number of benzene rings is 4. The monoisotopic (exact) mass is 608 g/mol. The number of aldehydes is 2. The van der Waals surface area contributed by atoms with E-state index < -0.39 is 11.6 Å². The Morgan fingerprint density at radius 1 is 0.667 bits per heavy atom. The lowest BCUT2D eigenvalue weighted by molar-refractivity contribution is 0.100. The van der Waals surface area contributed by atoms with Crippen LogP contribution in [0, 0.1) is 0 Å². The van der Waals surface area contributed by atoms with Crippen LogP contribution >= 0.6 is 31.9 Å². The number of hydrogen-bond acceptors (Lipinski definition) is 6. The molecule has 0 fully saturated rings. The van der Waals surface area contributed by atoms with Gasteiger partial charge in [-0.05, 0) is 66.0 Å². The summed E-state index contributed by atoms with van der Waals surface area (Å²) < 4.78 is 12.5. The van der Waals surface area contributed by atoms with Crippen LogP contribution in [0.2, 0.25) is 0 Å². The number of rotatable bonds is 8. The molecule has 0 bridgehead atoms. The third-order valence-electron chi connectivity index (χ3n) is 5.79. The Bertz CT molecular complexity index is 1520. The first-order valence-corrected chi connectivity index (χ1v) is 12.2. The van der Waals surface area contributed by atoms with E-state index in [-0.39, 0.29) is 44.5 Å². The van der Waals surface area contributed by atoms with E-state index in [1.807, 2.05) is 0 Å². The van der Waals surface area contributed by atoms with Crippen molar-refractivity contribution in [2.45, 2.75) is 0 Å². The van der Waals surface area contributed by atoms with Crippen LogP contribution in [0.25, 0.3) is 10.8 Å². The molecule has 4 aromatic carbocycles. The second kappa shape index (κ2) is 10.6. The summed E-state index contributed by atoms with van der Waals surface area (Å²) >= 11 is 6.71. The molecule has 4 rings (SSSR count). The molecule has 8 heteroatoms. The van der Waals surface area contributed by atoms with Crippen LogP contribution in [0.5, 0.6) is 11.5 Å². The molecule has 0 amide bonds. The molecule has 0 aliphatic carbocycles. The van der Waals surface area contributed by atoms with Crippen LogP contribution in [0.1, 0.15) is 52.6 Å². The number of methoxy groups -OCH3 is 2. The zero-order chi connectivity index (χ0) is 26.0. The average molecular weight is 610 g/mol. The lowest BCUT2D eigenvalue weighted by Gasteiger charge is -2.20. The minimum atomic E-state index is -0.506. The smallest absolute Gasteiger partial charge is 0.197 e. The second-order valence-electron chi connectivity index (χ2n) is 7.71. The molecule has 0 aromatic heterocycles. The first-order valence-electron chi connectivity index (χ1n) is 10.6. The topological polar surface area (TPSA) is 86.7 Å². The third-order valence-corrected chi connectivity index (χ3v) is 6.85. The van der Waals surface area contributed by atoms with E-state index in [9.17, 15) is 19.2 Å². The predicted octanol–water partition coefficient (Wildman–Crippen LogP) is 6.47. The van der Waals surface area contributed by atoms with Gasteiger partial charge in [-0.1, -0.05) is 31.9 Å². The van der Waals surface area contributed by atoms with E-state index in [1.54, 1.807) is 54.6 Å². The van der Waals surface area contributed by atoms with Crippen molar-refractivity contribution >= 4 is 66.8 Å². The number of ketones is 2. The van der Waals surface area contributed by atoms with Crippen molar-refractivity contribution in [3.63, 3.8) is 0 Å². The van der Waals surface area contributed by atoms with E-state index in [2.05, 4.69) is 31.9 Å². The normalized spacial score (nSPS) is 10.7. The van der Waals surface area contributed by atoms with Crippen LogP contribution in [0.4, 0.5) is 0 Å². The molecule has 36 heavy (non-hydrogen) atoms. The summed E-state index contributed by atoms with van der Waals surface area (Å²) in [7, 11) is 2.70. The highest BCUT2D eigenvalue weighted by molar-refractivity contribution is 9.10. The van der Waals surface area contributed by atoms with E-state index >= 15 is 0 Å². The fourth-order valence-corrected chi connectivity index (χ4v) is 4.69. The molecule has 0 spiro atoms. The number of ether oxygens (including phenoxy) is 2. The Morgan fingerprint density at radius 3 is 1.61 bits per heavy atom. The number of halogens is 2. The van der Waals surface area contributed by atoms with Gasteiger partial charge in [-0.15, -0.1) is 0 Å². The van der Waals surface area contributed by atoms with Crippen LogP contribution in [0.3, 0.4) is 0 Å². The maximum Gasteiger partial charge on any atom is 0.197 e. The molecule has 0 heterocycles. The van der Waals surface area contributed by atoms with Gasteiger partial charge in [-0.3, -0.25) is 19.2 Å². The fraction of sp³-hybridized carbons (Fsp3) is 0.0714. The second-order valence-corrected chi connectivity index (χ2v) is 9.54. The van der Waals surface area contributed by atoms with Crippen molar-refractivity contribution < 1.29 is 28.7 Å². The molecular weight excluding hydrogens is 592 g/mol. The maximum atomic E-state index is 14.0. The molecule has 4 aromatic rings. The fourth-order valence-electron chi connectivity index (χ4n) is 4.16. The van der Waals surface area contributed by atoms with Crippen molar-refractivity contribution in [3.05, 3.63) is 103 Å². The lowest BCUT2D eigenvalue weighted by Crippen LogP contribution is -2.16. The molecule has 0 saturated carbocycles. The van der Waals surface area contributed by atoms with Gasteiger partial charge in [0, 0.05) is 31.0 Å². The van der Waals surface area contributed by atoms with E-state index in [0.717, 1.165) is 8.95 Å². The van der Waals surface area contributed by atoms with Gasteiger partial charge in [0.2, 0.25) is 0 Å². The quantitative estimate of drug-likeness (QED) is 0.168. The number of carbonyl (C=O) groups is 4. The predicted molar refractivity (Wildman–Crippen MR) is 143 cm³/mol. The molecule has 0 atom stereocenters. The summed E-state index contributed by atoms with van der Waals surface area (Å²) in [5.74, 6) is -0.849. The van der Waals surface area contributed by atoms with Crippen molar-refractivity contribution in [3.8, 4) is 11.5 Å². The van der Waals surface area contributed by atoms with Crippen molar-refractivity contribution in [2.75, 3.05) is 14.2 Å². The average Bonchev–Trinajstić information content (AvgIpc) is 2.90. The Kier molecular flexibility index (Phi) is 7.47. The van der Waals surface area contributed by atoms with Crippen LogP contribution in [-0.4, -0.2) is 38.4 Å². The Hall–Kier alpha value is -3.62. The van der Waals surface area contributed by atoms with E-state index in [1.165, 1.54) is 20.3 Å². The Morgan fingerprint density at radius 2 is 1.17 bits per heavy atom.